The van der Waals surface area contributed by atoms with Gasteiger partial charge in [0.15, 0.2) is 0 Å². The van der Waals surface area contributed by atoms with Crippen molar-refractivity contribution < 1.29 is 9.72 Å². The number of aromatic nitrogens is 1. The molecule has 0 spiro atoms. The molecule has 1 amide bonds. The van der Waals surface area contributed by atoms with Gasteiger partial charge in [-0.1, -0.05) is 25.4 Å². The average Bonchev–Trinajstić information content (AvgIpc) is 3.00. The average molecular weight is 410 g/mol. The number of nitrogens with zero attached hydrogens (tertiary/aromatic N) is 2. The third kappa shape index (κ3) is 3.63. The van der Waals surface area contributed by atoms with Crippen molar-refractivity contribution in [3.8, 4) is 16.9 Å². The number of benzene rings is 2. The van der Waals surface area contributed by atoms with Gasteiger partial charge in [0, 0.05) is 35.1 Å². The smallest absolute Gasteiger partial charge is 0.269 e. The Kier molecular flexibility index (Phi) is 4.67. The molecule has 1 aliphatic rings. The molecular formula is C22H20ClN3O3. The second kappa shape index (κ2) is 7.04. The topological polar surface area (TPSA) is 77.2 Å². The third-order valence-corrected chi connectivity index (χ3v) is 5.43. The van der Waals surface area contributed by atoms with Gasteiger partial charge in [0.05, 0.1) is 16.2 Å². The van der Waals surface area contributed by atoms with Crippen LogP contribution in [0.1, 0.15) is 29.9 Å². The van der Waals surface area contributed by atoms with E-state index in [0.29, 0.717) is 23.6 Å². The minimum absolute atomic E-state index is 0.0267. The van der Waals surface area contributed by atoms with Gasteiger partial charge >= 0.3 is 0 Å². The van der Waals surface area contributed by atoms with Gasteiger partial charge in [-0.05, 0) is 59.9 Å². The number of hydrogen-bond acceptors (Lipinski definition) is 3. The van der Waals surface area contributed by atoms with Gasteiger partial charge in [-0.2, -0.15) is 0 Å². The zero-order valence-electron chi connectivity index (χ0n) is 16.1. The number of amides is 1. The van der Waals surface area contributed by atoms with Crippen molar-refractivity contribution in [3.05, 3.63) is 81.0 Å². The SMILES string of the molecule is CC1(C)CNC(=O)c2cc(-c3ccc([N+](=O)[O-])cc3)n(-c3ccc(Cl)cc3)c2C1. The number of rotatable bonds is 3. The van der Waals surface area contributed by atoms with Gasteiger partial charge in [0.25, 0.3) is 11.6 Å². The summed E-state index contributed by atoms with van der Waals surface area (Å²) < 4.78 is 2.06. The van der Waals surface area contributed by atoms with Crippen molar-refractivity contribution in [2.45, 2.75) is 20.3 Å². The predicted molar refractivity (Wildman–Crippen MR) is 113 cm³/mol. The van der Waals surface area contributed by atoms with Gasteiger partial charge in [-0.3, -0.25) is 14.9 Å². The Bertz CT molecular complexity index is 1100. The first-order chi connectivity index (χ1) is 13.7. The maximum absolute atomic E-state index is 12.8. The lowest BCUT2D eigenvalue weighted by molar-refractivity contribution is -0.384. The number of non-ortho nitro benzene ring substituents is 1. The van der Waals surface area contributed by atoms with E-state index in [1.807, 2.05) is 30.3 Å². The Balaban J connectivity index is 1.95. The van der Waals surface area contributed by atoms with Crippen LogP contribution in [0.15, 0.2) is 54.6 Å². The molecule has 0 unspecified atom stereocenters. The Morgan fingerprint density at radius 1 is 1.10 bits per heavy atom. The number of carbonyl (C=O) groups is 1. The summed E-state index contributed by atoms with van der Waals surface area (Å²) in [7, 11) is 0. The summed E-state index contributed by atoms with van der Waals surface area (Å²) in [6.07, 6.45) is 0.705. The number of nitro groups is 1. The van der Waals surface area contributed by atoms with Gasteiger partial charge in [0.1, 0.15) is 0 Å². The Labute approximate surface area is 173 Å². The largest absolute Gasteiger partial charge is 0.351 e. The lowest BCUT2D eigenvalue weighted by atomic mass is 9.88. The first-order valence-electron chi connectivity index (χ1n) is 9.29. The highest BCUT2D eigenvalue weighted by atomic mass is 35.5. The van der Waals surface area contributed by atoms with E-state index >= 15 is 0 Å². The Morgan fingerprint density at radius 3 is 2.38 bits per heavy atom. The van der Waals surface area contributed by atoms with Crippen molar-refractivity contribution >= 4 is 23.2 Å². The van der Waals surface area contributed by atoms with Crippen LogP contribution in [0.3, 0.4) is 0 Å². The summed E-state index contributed by atoms with van der Waals surface area (Å²) in [5, 5.41) is 14.6. The molecule has 0 bridgehead atoms. The summed E-state index contributed by atoms with van der Waals surface area (Å²) in [4.78, 5) is 23.4. The van der Waals surface area contributed by atoms with Crippen molar-refractivity contribution in [2.75, 3.05) is 6.54 Å². The fraction of sp³-hybridized carbons (Fsp3) is 0.227. The van der Waals surface area contributed by atoms with Crippen molar-refractivity contribution in [1.82, 2.24) is 9.88 Å². The van der Waals surface area contributed by atoms with Crippen LogP contribution in [0.2, 0.25) is 5.02 Å². The van der Waals surface area contributed by atoms with E-state index in [4.69, 9.17) is 11.6 Å². The van der Waals surface area contributed by atoms with Crippen LogP contribution in [-0.4, -0.2) is 21.9 Å². The van der Waals surface area contributed by atoms with Crippen molar-refractivity contribution in [2.24, 2.45) is 5.41 Å². The Morgan fingerprint density at radius 2 is 1.76 bits per heavy atom. The molecule has 0 radical (unpaired) electrons. The predicted octanol–water partition coefficient (Wildman–Crippen LogP) is 5.02. The highest BCUT2D eigenvalue weighted by Gasteiger charge is 2.31. The number of halogens is 1. The number of nitrogens with one attached hydrogen (secondary N) is 1. The number of carbonyl (C=O) groups excluding carboxylic acids is 1. The molecule has 0 saturated carbocycles. The zero-order chi connectivity index (χ0) is 20.8. The minimum atomic E-state index is -0.423. The molecule has 4 rings (SSSR count). The summed E-state index contributed by atoms with van der Waals surface area (Å²) >= 11 is 6.08. The summed E-state index contributed by atoms with van der Waals surface area (Å²) in [5.41, 5.74) is 3.94. The Hall–Kier alpha value is -3.12. The van der Waals surface area contributed by atoms with Crippen LogP contribution in [0, 0.1) is 15.5 Å². The van der Waals surface area contributed by atoms with E-state index in [-0.39, 0.29) is 17.0 Å². The molecule has 1 N–H and O–H groups in total. The highest BCUT2D eigenvalue weighted by molar-refractivity contribution is 6.30. The number of fused-ring (bicyclic) bond motifs is 1. The lowest BCUT2D eigenvalue weighted by Gasteiger charge is -2.24. The van der Waals surface area contributed by atoms with Gasteiger partial charge in [-0.15, -0.1) is 0 Å². The molecule has 7 heteroatoms. The van der Waals surface area contributed by atoms with E-state index in [9.17, 15) is 14.9 Å². The molecule has 148 valence electrons. The van der Waals surface area contributed by atoms with Crippen LogP contribution in [-0.2, 0) is 6.42 Å². The van der Waals surface area contributed by atoms with Crippen LogP contribution < -0.4 is 5.32 Å². The van der Waals surface area contributed by atoms with E-state index in [2.05, 4.69) is 23.7 Å². The quantitative estimate of drug-likeness (QED) is 0.487. The van der Waals surface area contributed by atoms with E-state index < -0.39 is 4.92 Å². The normalized spacial score (nSPS) is 15.3. The maximum atomic E-state index is 12.8. The number of hydrogen-bond donors (Lipinski definition) is 1. The van der Waals surface area contributed by atoms with Crippen LogP contribution >= 0.6 is 11.6 Å². The number of nitro benzene ring substituents is 1. The van der Waals surface area contributed by atoms with Gasteiger partial charge < -0.3 is 9.88 Å². The van der Waals surface area contributed by atoms with Crippen LogP contribution in [0.5, 0.6) is 0 Å². The highest BCUT2D eigenvalue weighted by Crippen LogP contribution is 2.36. The lowest BCUT2D eigenvalue weighted by Crippen LogP contribution is -2.31. The molecule has 1 aliphatic heterocycles. The molecule has 2 aromatic carbocycles. The fourth-order valence-corrected chi connectivity index (χ4v) is 3.83. The van der Waals surface area contributed by atoms with E-state index in [1.165, 1.54) is 12.1 Å². The van der Waals surface area contributed by atoms with Gasteiger partial charge in [0.2, 0.25) is 0 Å². The van der Waals surface area contributed by atoms with Crippen LogP contribution in [0.25, 0.3) is 16.9 Å². The second-order valence-corrected chi connectivity index (χ2v) is 8.47. The second-order valence-electron chi connectivity index (χ2n) is 8.03. The third-order valence-electron chi connectivity index (χ3n) is 5.18. The van der Waals surface area contributed by atoms with Gasteiger partial charge in [-0.25, -0.2) is 0 Å². The molecule has 2 heterocycles. The monoisotopic (exact) mass is 409 g/mol. The van der Waals surface area contributed by atoms with E-state index in [0.717, 1.165) is 22.6 Å². The maximum Gasteiger partial charge on any atom is 0.269 e. The first-order valence-corrected chi connectivity index (χ1v) is 9.66. The zero-order valence-corrected chi connectivity index (χ0v) is 16.9. The molecular weight excluding hydrogens is 390 g/mol. The molecule has 3 aromatic rings. The molecule has 0 aliphatic carbocycles. The van der Waals surface area contributed by atoms with Crippen LogP contribution in [0.4, 0.5) is 5.69 Å². The molecule has 1 aromatic heterocycles. The minimum Gasteiger partial charge on any atom is -0.351 e. The van der Waals surface area contributed by atoms with Crippen molar-refractivity contribution in [1.29, 1.82) is 0 Å². The summed E-state index contributed by atoms with van der Waals surface area (Å²) in [6.45, 7) is 4.83. The summed E-state index contributed by atoms with van der Waals surface area (Å²) in [5.74, 6) is -0.110. The molecule has 0 fully saturated rings. The van der Waals surface area contributed by atoms with E-state index in [1.54, 1.807) is 12.1 Å². The molecule has 0 atom stereocenters. The summed E-state index contributed by atoms with van der Waals surface area (Å²) in [6, 6.07) is 15.7. The fourth-order valence-electron chi connectivity index (χ4n) is 3.70. The molecule has 29 heavy (non-hydrogen) atoms. The standard InChI is InChI=1S/C22H20ClN3O3/c1-22(2)12-20-18(21(27)24-13-22)11-19(14-3-7-17(8-4-14)26(28)29)25(20)16-9-5-15(23)6-10-16/h3-11H,12-13H2,1-2H3,(H,24,27). The van der Waals surface area contributed by atoms with Crippen molar-refractivity contribution in [3.63, 3.8) is 0 Å². The first kappa shape index (κ1) is 19.2. The molecule has 0 saturated heterocycles. The molecule has 6 nitrogen and oxygen atoms in total.